The third kappa shape index (κ3) is 2.34. The zero-order valence-corrected chi connectivity index (χ0v) is 8.83. The lowest BCUT2D eigenvalue weighted by atomic mass is 10.3. The van der Waals surface area contributed by atoms with Crippen molar-refractivity contribution in [2.75, 3.05) is 6.61 Å². The van der Waals surface area contributed by atoms with E-state index in [1.807, 2.05) is 6.07 Å². The molecule has 0 saturated heterocycles. The Hall–Kier alpha value is -2.55. The molecule has 1 N–H and O–H groups in total. The van der Waals surface area contributed by atoms with E-state index in [-0.39, 0.29) is 13.0 Å². The highest BCUT2D eigenvalue weighted by molar-refractivity contribution is 5.70. The highest BCUT2D eigenvalue weighted by Gasteiger charge is 2.09. The van der Waals surface area contributed by atoms with Crippen molar-refractivity contribution in [1.82, 2.24) is 9.38 Å². The Bertz CT molecular complexity index is 598. The van der Waals surface area contributed by atoms with Crippen LogP contribution >= 0.6 is 0 Å². The van der Waals surface area contributed by atoms with E-state index in [9.17, 15) is 4.79 Å². The summed E-state index contributed by atoms with van der Waals surface area (Å²) in [5, 5.41) is 17.1. The van der Waals surface area contributed by atoms with Gasteiger partial charge in [0.1, 0.15) is 6.07 Å². The lowest BCUT2D eigenvalue weighted by Crippen LogP contribution is -1.99. The van der Waals surface area contributed by atoms with E-state index in [1.165, 1.54) is 0 Å². The van der Waals surface area contributed by atoms with Gasteiger partial charge >= 0.3 is 5.97 Å². The van der Waals surface area contributed by atoms with E-state index in [4.69, 9.17) is 15.1 Å². The van der Waals surface area contributed by atoms with E-state index in [1.54, 1.807) is 28.9 Å². The average Bonchev–Trinajstić information content (AvgIpc) is 2.67. The Morgan fingerprint density at radius 2 is 2.47 bits per heavy atom. The molecule has 86 valence electrons. The van der Waals surface area contributed by atoms with Gasteiger partial charge in [0.25, 0.3) is 0 Å². The maximum Gasteiger partial charge on any atom is 0.309 e. The maximum atomic E-state index is 10.6. The summed E-state index contributed by atoms with van der Waals surface area (Å²) in [7, 11) is 0. The fraction of sp³-hybridized carbons (Fsp3) is 0.182. The molecular formula is C11H9N3O3. The van der Waals surface area contributed by atoms with Gasteiger partial charge in [0.2, 0.25) is 0 Å². The molecule has 0 saturated carbocycles. The van der Waals surface area contributed by atoms with Crippen LogP contribution in [0.2, 0.25) is 0 Å². The first-order chi connectivity index (χ1) is 8.20. The van der Waals surface area contributed by atoms with Gasteiger partial charge in [0.05, 0.1) is 12.1 Å². The Kier molecular flexibility index (Phi) is 2.92. The van der Waals surface area contributed by atoms with Crippen LogP contribution in [0.4, 0.5) is 0 Å². The number of nitrogens with zero attached hydrogens (tertiary/aromatic N) is 3. The van der Waals surface area contributed by atoms with Gasteiger partial charge < -0.3 is 14.2 Å². The highest BCUT2D eigenvalue weighted by Crippen LogP contribution is 2.18. The highest BCUT2D eigenvalue weighted by atomic mass is 16.5. The largest absolute Gasteiger partial charge is 0.481 e. The molecule has 6 nitrogen and oxygen atoms in total. The number of carbonyl (C=O) groups is 1. The Morgan fingerprint density at radius 1 is 1.65 bits per heavy atom. The van der Waals surface area contributed by atoms with Crippen molar-refractivity contribution in [3.8, 4) is 11.8 Å². The Morgan fingerprint density at radius 3 is 3.18 bits per heavy atom. The normalized spacial score (nSPS) is 10.1. The van der Waals surface area contributed by atoms with Crippen LogP contribution in [-0.2, 0) is 11.2 Å². The minimum Gasteiger partial charge on any atom is -0.481 e. The fourth-order valence-electron chi connectivity index (χ4n) is 1.50. The minimum atomic E-state index is -0.937. The van der Waals surface area contributed by atoms with Crippen LogP contribution < -0.4 is 4.74 Å². The van der Waals surface area contributed by atoms with Crippen molar-refractivity contribution >= 4 is 11.6 Å². The minimum absolute atomic E-state index is 0.0687. The first-order valence-electron chi connectivity index (χ1n) is 4.89. The quantitative estimate of drug-likeness (QED) is 0.843. The molecule has 2 aromatic heterocycles. The summed E-state index contributed by atoms with van der Waals surface area (Å²) in [6.07, 6.45) is 3.23. The molecule has 0 bridgehead atoms. The smallest absolute Gasteiger partial charge is 0.309 e. The van der Waals surface area contributed by atoms with Crippen molar-refractivity contribution in [3.05, 3.63) is 30.2 Å². The third-order valence-corrected chi connectivity index (χ3v) is 2.12. The van der Waals surface area contributed by atoms with Crippen LogP contribution in [0.15, 0.2) is 24.5 Å². The second-order valence-corrected chi connectivity index (χ2v) is 3.35. The average molecular weight is 231 g/mol. The molecule has 0 atom stereocenters. The van der Waals surface area contributed by atoms with E-state index < -0.39 is 5.97 Å². The van der Waals surface area contributed by atoms with Gasteiger partial charge in [-0.05, 0) is 12.1 Å². The van der Waals surface area contributed by atoms with Crippen LogP contribution in [0.25, 0.3) is 5.65 Å². The number of imidazole rings is 1. The molecule has 0 aromatic carbocycles. The number of carboxylic acids is 1. The molecular weight excluding hydrogens is 222 g/mol. The topological polar surface area (TPSA) is 87.6 Å². The van der Waals surface area contributed by atoms with Crippen molar-refractivity contribution in [2.45, 2.75) is 6.42 Å². The van der Waals surface area contributed by atoms with Crippen LogP contribution in [0, 0.1) is 11.3 Å². The first-order valence-corrected chi connectivity index (χ1v) is 4.89. The molecule has 2 rings (SSSR count). The lowest BCUT2D eigenvalue weighted by Gasteiger charge is -2.01. The zero-order chi connectivity index (χ0) is 12.3. The molecule has 0 aliphatic carbocycles. The zero-order valence-electron chi connectivity index (χ0n) is 8.83. The maximum absolute atomic E-state index is 10.6. The summed E-state index contributed by atoms with van der Waals surface area (Å²) < 4.78 is 6.87. The van der Waals surface area contributed by atoms with Gasteiger partial charge in [-0.2, -0.15) is 5.26 Å². The molecule has 0 amide bonds. The molecule has 0 unspecified atom stereocenters. The molecule has 0 aliphatic heterocycles. The number of aliphatic carboxylic acids is 1. The molecule has 2 aromatic rings. The summed E-state index contributed by atoms with van der Waals surface area (Å²) >= 11 is 0. The van der Waals surface area contributed by atoms with Crippen LogP contribution in [0.5, 0.6) is 5.75 Å². The van der Waals surface area contributed by atoms with E-state index in [2.05, 4.69) is 4.98 Å². The molecule has 17 heavy (non-hydrogen) atoms. The molecule has 0 aliphatic rings. The standard InChI is InChI=1S/C11H9N3O3/c12-3-5-17-9-2-1-4-14-7-8(6-10(15)16)13-11(9)14/h1-2,4,7H,5-6H2,(H,15,16). The van der Waals surface area contributed by atoms with Gasteiger partial charge in [-0.1, -0.05) is 0 Å². The van der Waals surface area contributed by atoms with Crippen LogP contribution in [0.3, 0.4) is 0 Å². The molecule has 0 fully saturated rings. The van der Waals surface area contributed by atoms with Crippen molar-refractivity contribution in [3.63, 3.8) is 0 Å². The monoisotopic (exact) mass is 231 g/mol. The number of carboxylic acid groups (broad SMARTS) is 1. The van der Waals surface area contributed by atoms with Gasteiger partial charge in [-0.25, -0.2) is 4.98 Å². The summed E-state index contributed by atoms with van der Waals surface area (Å²) in [6.45, 7) is -0.0687. The van der Waals surface area contributed by atoms with E-state index in [0.717, 1.165) is 0 Å². The second kappa shape index (κ2) is 4.53. The van der Waals surface area contributed by atoms with Gasteiger partial charge in [0.15, 0.2) is 18.0 Å². The number of aromatic nitrogens is 2. The predicted octanol–water partition coefficient (Wildman–Crippen LogP) is 0.864. The first kappa shape index (κ1) is 11.0. The van der Waals surface area contributed by atoms with Crippen molar-refractivity contribution in [1.29, 1.82) is 5.26 Å². The number of hydrogen-bond donors (Lipinski definition) is 1. The molecule has 6 heteroatoms. The lowest BCUT2D eigenvalue weighted by molar-refractivity contribution is -0.136. The summed E-state index contributed by atoms with van der Waals surface area (Å²) in [6, 6.07) is 5.29. The van der Waals surface area contributed by atoms with Gasteiger partial charge in [0, 0.05) is 12.4 Å². The Balaban J connectivity index is 2.38. The number of ether oxygens (including phenoxy) is 1. The van der Waals surface area contributed by atoms with Crippen LogP contribution in [-0.4, -0.2) is 27.1 Å². The summed E-state index contributed by atoms with van der Waals surface area (Å²) in [5.74, 6) is -0.474. The molecule has 0 radical (unpaired) electrons. The molecule has 2 heterocycles. The fourth-order valence-corrected chi connectivity index (χ4v) is 1.50. The number of nitriles is 1. The van der Waals surface area contributed by atoms with Crippen molar-refractivity contribution < 1.29 is 14.6 Å². The number of hydrogen-bond acceptors (Lipinski definition) is 4. The molecule has 0 spiro atoms. The summed E-state index contributed by atoms with van der Waals surface area (Å²) in [5.41, 5.74) is 0.963. The van der Waals surface area contributed by atoms with Gasteiger partial charge in [-0.15, -0.1) is 0 Å². The SMILES string of the molecule is N#CCOc1cccn2cc(CC(=O)O)nc12. The number of fused-ring (bicyclic) bond motifs is 1. The number of rotatable bonds is 4. The van der Waals surface area contributed by atoms with Crippen molar-refractivity contribution in [2.24, 2.45) is 0 Å². The van der Waals surface area contributed by atoms with Gasteiger partial charge in [-0.3, -0.25) is 4.79 Å². The third-order valence-electron chi connectivity index (χ3n) is 2.12. The van der Waals surface area contributed by atoms with E-state index >= 15 is 0 Å². The van der Waals surface area contributed by atoms with Crippen LogP contribution in [0.1, 0.15) is 5.69 Å². The summed E-state index contributed by atoms with van der Waals surface area (Å²) in [4.78, 5) is 14.7. The number of pyridine rings is 1. The Labute approximate surface area is 96.7 Å². The predicted molar refractivity (Wildman–Crippen MR) is 57.6 cm³/mol. The van der Waals surface area contributed by atoms with E-state index in [0.29, 0.717) is 17.1 Å². The second-order valence-electron chi connectivity index (χ2n) is 3.35.